The summed E-state index contributed by atoms with van der Waals surface area (Å²) in [4.78, 5) is 16.7. The number of esters is 1. The van der Waals surface area contributed by atoms with E-state index in [0.29, 0.717) is 6.04 Å². The summed E-state index contributed by atoms with van der Waals surface area (Å²) in [5.74, 6) is -0.184. The number of methoxy groups -OCH3 is 1. The molecule has 1 aliphatic heterocycles. The molecule has 5 heteroatoms. The van der Waals surface area contributed by atoms with Crippen molar-refractivity contribution in [1.82, 2.24) is 15.1 Å². The molecule has 112 valence electrons. The van der Waals surface area contributed by atoms with Gasteiger partial charge in [-0.3, -0.25) is 4.79 Å². The maximum absolute atomic E-state index is 11.8. The number of nitrogens with zero attached hydrogens (tertiary/aromatic N) is 2. The minimum Gasteiger partial charge on any atom is -0.468 e. The second-order valence-corrected chi connectivity index (χ2v) is 5.67. The summed E-state index contributed by atoms with van der Waals surface area (Å²) in [6.07, 6.45) is 1.95. The molecule has 19 heavy (non-hydrogen) atoms. The van der Waals surface area contributed by atoms with Gasteiger partial charge in [-0.05, 0) is 33.9 Å². The van der Waals surface area contributed by atoms with E-state index in [1.54, 1.807) is 0 Å². The fourth-order valence-corrected chi connectivity index (χ4v) is 2.59. The van der Waals surface area contributed by atoms with Gasteiger partial charge in [0.2, 0.25) is 0 Å². The predicted octanol–water partition coefficient (Wildman–Crippen LogP) is 0.554. The van der Waals surface area contributed by atoms with Crippen molar-refractivity contribution >= 4 is 5.97 Å². The van der Waals surface area contributed by atoms with Gasteiger partial charge in [0.05, 0.1) is 7.11 Å². The molecular weight excluding hydrogens is 242 g/mol. The molecule has 0 aliphatic carbocycles. The average Bonchev–Trinajstić information content (AvgIpc) is 2.45. The molecule has 0 aromatic carbocycles. The topological polar surface area (TPSA) is 44.8 Å². The van der Waals surface area contributed by atoms with E-state index in [2.05, 4.69) is 29.1 Å². The van der Waals surface area contributed by atoms with E-state index in [1.165, 1.54) is 13.5 Å². The lowest BCUT2D eigenvalue weighted by Gasteiger charge is -2.40. The lowest BCUT2D eigenvalue weighted by molar-refractivity contribution is -0.148. The van der Waals surface area contributed by atoms with Crippen molar-refractivity contribution in [3.05, 3.63) is 0 Å². The summed E-state index contributed by atoms with van der Waals surface area (Å²) in [6.45, 7) is 8.34. The number of carbonyl (C=O) groups is 1. The Labute approximate surface area is 117 Å². The smallest absolute Gasteiger partial charge is 0.325 e. The van der Waals surface area contributed by atoms with Gasteiger partial charge < -0.3 is 19.9 Å². The van der Waals surface area contributed by atoms with Crippen LogP contribution in [0.1, 0.15) is 26.7 Å². The molecule has 0 aromatic rings. The van der Waals surface area contributed by atoms with E-state index in [-0.39, 0.29) is 5.97 Å². The van der Waals surface area contributed by atoms with Gasteiger partial charge in [0.25, 0.3) is 0 Å². The van der Waals surface area contributed by atoms with Gasteiger partial charge >= 0.3 is 5.97 Å². The summed E-state index contributed by atoms with van der Waals surface area (Å²) < 4.78 is 4.88. The number of hydrogen-bond acceptors (Lipinski definition) is 5. The first-order valence-electron chi connectivity index (χ1n) is 7.16. The summed E-state index contributed by atoms with van der Waals surface area (Å²) in [6, 6.07) is 0.632. The lowest BCUT2D eigenvalue weighted by atomic mass is 9.97. The van der Waals surface area contributed by atoms with Crippen molar-refractivity contribution in [3.63, 3.8) is 0 Å². The first kappa shape index (κ1) is 16.4. The van der Waals surface area contributed by atoms with Gasteiger partial charge in [0.1, 0.15) is 5.54 Å². The third-order valence-corrected chi connectivity index (χ3v) is 4.45. The molecule has 1 aliphatic rings. The normalized spacial score (nSPS) is 25.0. The Morgan fingerprint density at radius 1 is 1.47 bits per heavy atom. The Morgan fingerprint density at radius 3 is 2.68 bits per heavy atom. The number of likely N-dealkylation sites (N-methyl/N-ethyl adjacent to an activating group) is 2. The van der Waals surface area contributed by atoms with E-state index in [9.17, 15) is 4.79 Å². The Hall–Kier alpha value is -0.650. The number of rotatable bonds is 6. The Bertz CT molecular complexity index is 298. The van der Waals surface area contributed by atoms with Crippen LogP contribution in [0.25, 0.3) is 0 Å². The molecular formula is C14H29N3O2. The Kier molecular flexibility index (Phi) is 6.23. The van der Waals surface area contributed by atoms with Gasteiger partial charge in [-0.15, -0.1) is 0 Å². The molecule has 5 nitrogen and oxygen atoms in total. The van der Waals surface area contributed by atoms with E-state index in [4.69, 9.17) is 4.74 Å². The Morgan fingerprint density at radius 2 is 2.16 bits per heavy atom. The van der Waals surface area contributed by atoms with Crippen LogP contribution in [0.3, 0.4) is 0 Å². The van der Waals surface area contributed by atoms with Crippen LogP contribution in [0.2, 0.25) is 0 Å². The molecule has 2 atom stereocenters. The molecule has 0 amide bonds. The standard InChI is InChI=1S/C14H29N3O2/c1-6-12-11-17(10-9-16(12)4)8-7-14(2,15-3)13(18)19-5/h12,15H,6-11H2,1-5H3. The zero-order valence-corrected chi connectivity index (χ0v) is 13.0. The van der Waals surface area contributed by atoms with Crippen molar-refractivity contribution in [3.8, 4) is 0 Å². The highest BCUT2D eigenvalue weighted by Gasteiger charge is 2.33. The molecule has 0 aromatic heterocycles. The quantitative estimate of drug-likeness (QED) is 0.715. The largest absolute Gasteiger partial charge is 0.468 e. The predicted molar refractivity (Wildman–Crippen MR) is 77.2 cm³/mol. The number of hydrogen-bond donors (Lipinski definition) is 1. The summed E-state index contributed by atoms with van der Waals surface area (Å²) in [7, 11) is 5.45. The van der Waals surface area contributed by atoms with Gasteiger partial charge in [-0.1, -0.05) is 6.92 Å². The van der Waals surface area contributed by atoms with Gasteiger partial charge in [-0.25, -0.2) is 0 Å². The van der Waals surface area contributed by atoms with E-state index >= 15 is 0 Å². The van der Waals surface area contributed by atoms with Crippen LogP contribution < -0.4 is 5.32 Å². The first-order valence-corrected chi connectivity index (χ1v) is 7.16. The molecule has 0 spiro atoms. The third-order valence-electron chi connectivity index (χ3n) is 4.45. The molecule has 0 radical (unpaired) electrons. The molecule has 1 N–H and O–H groups in total. The fourth-order valence-electron chi connectivity index (χ4n) is 2.59. The third kappa shape index (κ3) is 4.16. The van der Waals surface area contributed by atoms with Crippen LogP contribution in [-0.4, -0.2) is 74.7 Å². The van der Waals surface area contributed by atoms with Crippen molar-refractivity contribution in [2.75, 3.05) is 47.4 Å². The van der Waals surface area contributed by atoms with Crippen LogP contribution in [0, 0.1) is 0 Å². The van der Waals surface area contributed by atoms with Gasteiger partial charge in [-0.2, -0.15) is 0 Å². The van der Waals surface area contributed by atoms with Crippen molar-refractivity contribution in [2.45, 2.75) is 38.3 Å². The fraction of sp³-hybridized carbons (Fsp3) is 0.929. The highest BCUT2D eigenvalue weighted by atomic mass is 16.5. The number of ether oxygens (including phenoxy) is 1. The second-order valence-electron chi connectivity index (χ2n) is 5.67. The maximum Gasteiger partial charge on any atom is 0.325 e. The monoisotopic (exact) mass is 271 g/mol. The summed E-state index contributed by atoms with van der Waals surface area (Å²) in [5.41, 5.74) is -0.584. The van der Waals surface area contributed by atoms with Gasteiger partial charge in [0.15, 0.2) is 0 Å². The maximum atomic E-state index is 11.8. The molecule has 1 rings (SSSR count). The zero-order valence-electron chi connectivity index (χ0n) is 13.0. The lowest BCUT2D eigenvalue weighted by Crippen LogP contribution is -2.54. The van der Waals surface area contributed by atoms with E-state index in [1.807, 2.05) is 14.0 Å². The van der Waals surface area contributed by atoms with Crippen LogP contribution in [-0.2, 0) is 9.53 Å². The van der Waals surface area contributed by atoms with Crippen molar-refractivity contribution in [2.24, 2.45) is 0 Å². The molecule has 0 saturated carbocycles. The SMILES string of the molecule is CCC1CN(CCC(C)(NC)C(=O)OC)CCN1C. The zero-order chi connectivity index (χ0) is 14.5. The molecule has 1 heterocycles. The van der Waals surface area contributed by atoms with Crippen molar-refractivity contribution in [1.29, 1.82) is 0 Å². The van der Waals surface area contributed by atoms with E-state index < -0.39 is 5.54 Å². The van der Waals surface area contributed by atoms with Crippen LogP contribution in [0.4, 0.5) is 0 Å². The molecule has 2 unspecified atom stereocenters. The van der Waals surface area contributed by atoms with E-state index in [0.717, 1.165) is 32.6 Å². The highest BCUT2D eigenvalue weighted by Crippen LogP contribution is 2.15. The highest BCUT2D eigenvalue weighted by molar-refractivity contribution is 5.80. The average molecular weight is 271 g/mol. The van der Waals surface area contributed by atoms with Crippen LogP contribution in [0.15, 0.2) is 0 Å². The van der Waals surface area contributed by atoms with Crippen molar-refractivity contribution < 1.29 is 9.53 Å². The minimum atomic E-state index is -0.584. The minimum absolute atomic E-state index is 0.184. The molecule has 1 saturated heterocycles. The second kappa shape index (κ2) is 7.22. The van der Waals surface area contributed by atoms with Gasteiger partial charge in [0, 0.05) is 32.2 Å². The number of carbonyl (C=O) groups excluding carboxylic acids is 1. The molecule has 0 bridgehead atoms. The Balaban J connectivity index is 2.49. The number of piperazine rings is 1. The van der Waals surface area contributed by atoms with Crippen LogP contribution >= 0.6 is 0 Å². The number of nitrogens with one attached hydrogen (secondary N) is 1. The molecule has 1 fully saturated rings. The summed E-state index contributed by atoms with van der Waals surface area (Å²) >= 11 is 0. The summed E-state index contributed by atoms with van der Waals surface area (Å²) in [5, 5.41) is 3.09. The first-order chi connectivity index (χ1) is 8.96. The van der Waals surface area contributed by atoms with Crippen LogP contribution in [0.5, 0.6) is 0 Å².